The quantitative estimate of drug-likeness (QED) is 0.617. The molecule has 0 aliphatic carbocycles. The minimum atomic E-state index is -1.06. The fourth-order valence-electron chi connectivity index (χ4n) is 1.09. The zero-order chi connectivity index (χ0) is 8.91. The summed E-state index contributed by atoms with van der Waals surface area (Å²) < 4.78 is 0. The minimum Gasteiger partial charge on any atom is -0.392 e. The Morgan fingerprint density at radius 1 is 1.36 bits per heavy atom. The molecule has 2 N–H and O–H groups in total. The summed E-state index contributed by atoms with van der Waals surface area (Å²) in [5.41, 5.74) is 0. The van der Waals surface area contributed by atoms with E-state index in [9.17, 15) is 5.11 Å². The summed E-state index contributed by atoms with van der Waals surface area (Å²) in [6.07, 6.45) is -0.137. The summed E-state index contributed by atoms with van der Waals surface area (Å²) >= 11 is 0. The minimum absolute atomic E-state index is 0.137. The molecular weight excluding hydrogens is 154 g/mol. The summed E-state index contributed by atoms with van der Waals surface area (Å²) in [6.45, 7) is 10.6. The van der Waals surface area contributed by atoms with Crippen molar-refractivity contribution in [2.75, 3.05) is 13.1 Å². The standard InChI is InChI=1S/C8H21NOSi/c1-5-9-6-8(10)7-11(2,3)4/h8-10H,5-7H2,1-4H3. The number of nitrogens with one attached hydrogen (secondary N) is 1. The second-order valence-corrected chi connectivity index (χ2v) is 9.76. The lowest BCUT2D eigenvalue weighted by Crippen LogP contribution is -2.33. The van der Waals surface area contributed by atoms with E-state index < -0.39 is 8.07 Å². The van der Waals surface area contributed by atoms with Gasteiger partial charge in [0.05, 0.1) is 6.10 Å². The average Bonchev–Trinajstić information content (AvgIpc) is 1.79. The Hall–Kier alpha value is 0.137. The number of hydrogen-bond acceptors (Lipinski definition) is 2. The molecule has 0 saturated heterocycles. The molecule has 0 saturated carbocycles. The molecule has 11 heavy (non-hydrogen) atoms. The Balaban J connectivity index is 3.44. The van der Waals surface area contributed by atoms with E-state index in [1.807, 2.05) is 0 Å². The molecule has 2 nitrogen and oxygen atoms in total. The van der Waals surface area contributed by atoms with Crippen LogP contribution in [0.15, 0.2) is 0 Å². The van der Waals surface area contributed by atoms with Gasteiger partial charge in [-0.3, -0.25) is 0 Å². The Labute approximate surface area is 71.0 Å². The predicted molar refractivity (Wildman–Crippen MR) is 52.7 cm³/mol. The van der Waals surface area contributed by atoms with Gasteiger partial charge >= 0.3 is 0 Å². The van der Waals surface area contributed by atoms with Crippen molar-refractivity contribution < 1.29 is 5.11 Å². The molecule has 0 spiro atoms. The first-order chi connectivity index (χ1) is 4.95. The Kier molecular flexibility index (Phi) is 4.96. The smallest absolute Gasteiger partial charge is 0.0641 e. The van der Waals surface area contributed by atoms with Gasteiger partial charge in [0, 0.05) is 14.6 Å². The Bertz CT molecular complexity index is 101. The van der Waals surface area contributed by atoms with Crippen molar-refractivity contribution in [1.29, 1.82) is 0 Å². The molecule has 0 aromatic rings. The molecule has 0 fully saturated rings. The van der Waals surface area contributed by atoms with Gasteiger partial charge in [-0.25, -0.2) is 0 Å². The molecular formula is C8H21NOSi. The van der Waals surface area contributed by atoms with E-state index in [1.54, 1.807) is 0 Å². The molecule has 1 atom stereocenters. The van der Waals surface area contributed by atoms with Crippen molar-refractivity contribution in [2.45, 2.75) is 38.7 Å². The van der Waals surface area contributed by atoms with Crippen molar-refractivity contribution in [3.05, 3.63) is 0 Å². The Morgan fingerprint density at radius 2 is 1.91 bits per heavy atom. The van der Waals surface area contributed by atoms with Crippen LogP contribution >= 0.6 is 0 Å². The maximum absolute atomic E-state index is 9.49. The van der Waals surface area contributed by atoms with Crippen molar-refractivity contribution in [2.24, 2.45) is 0 Å². The van der Waals surface area contributed by atoms with Gasteiger partial charge in [0.25, 0.3) is 0 Å². The van der Waals surface area contributed by atoms with Gasteiger partial charge in [-0.1, -0.05) is 26.6 Å². The van der Waals surface area contributed by atoms with Gasteiger partial charge in [-0.2, -0.15) is 0 Å². The zero-order valence-corrected chi connectivity index (χ0v) is 9.15. The molecule has 0 radical (unpaired) electrons. The van der Waals surface area contributed by atoms with E-state index >= 15 is 0 Å². The van der Waals surface area contributed by atoms with Crippen LogP contribution in [0.4, 0.5) is 0 Å². The first-order valence-electron chi connectivity index (χ1n) is 4.34. The van der Waals surface area contributed by atoms with Crippen molar-refractivity contribution in [3.8, 4) is 0 Å². The number of aliphatic hydroxyl groups is 1. The van der Waals surface area contributed by atoms with Crippen LogP contribution in [0.1, 0.15) is 6.92 Å². The normalized spacial score (nSPS) is 15.0. The fourth-order valence-corrected chi connectivity index (χ4v) is 2.65. The van der Waals surface area contributed by atoms with Crippen LogP contribution in [0, 0.1) is 0 Å². The topological polar surface area (TPSA) is 32.3 Å². The average molecular weight is 175 g/mol. The lowest BCUT2D eigenvalue weighted by atomic mass is 10.4. The van der Waals surface area contributed by atoms with Gasteiger partial charge in [0.1, 0.15) is 0 Å². The summed E-state index contributed by atoms with van der Waals surface area (Å²) in [6, 6.07) is 1.00. The third kappa shape index (κ3) is 8.04. The van der Waals surface area contributed by atoms with Gasteiger partial charge in [-0.05, 0) is 12.6 Å². The summed E-state index contributed by atoms with van der Waals surface area (Å²) in [4.78, 5) is 0. The summed E-state index contributed by atoms with van der Waals surface area (Å²) in [7, 11) is -1.06. The molecule has 0 aliphatic heterocycles. The van der Waals surface area contributed by atoms with Crippen LogP contribution in [-0.2, 0) is 0 Å². The lowest BCUT2D eigenvalue weighted by molar-refractivity contribution is 0.190. The third-order valence-corrected chi connectivity index (χ3v) is 3.17. The van der Waals surface area contributed by atoms with Crippen LogP contribution < -0.4 is 5.32 Å². The molecule has 0 rings (SSSR count). The second-order valence-electron chi connectivity index (χ2n) is 4.23. The summed E-state index contributed by atoms with van der Waals surface area (Å²) in [5, 5.41) is 12.6. The molecule has 0 bridgehead atoms. The highest BCUT2D eigenvalue weighted by Crippen LogP contribution is 2.10. The SMILES string of the molecule is CCNCC(O)C[Si](C)(C)C. The van der Waals surface area contributed by atoms with Crippen LogP contribution in [0.25, 0.3) is 0 Å². The third-order valence-electron chi connectivity index (χ3n) is 1.48. The molecule has 1 unspecified atom stereocenters. The van der Waals surface area contributed by atoms with Crippen LogP contribution in [-0.4, -0.2) is 32.4 Å². The van der Waals surface area contributed by atoms with Crippen LogP contribution in [0.5, 0.6) is 0 Å². The first kappa shape index (κ1) is 11.1. The maximum Gasteiger partial charge on any atom is 0.0641 e. The zero-order valence-electron chi connectivity index (χ0n) is 8.15. The van der Waals surface area contributed by atoms with E-state index in [0.29, 0.717) is 0 Å². The molecule has 68 valence electrons. The van der Waals surface area contributed by atoms with E-state index in [4.69, 9.17) is 0 Å². The number of hydrogen-bond donors (Lipinski definition) is 2. The number of rotatable bonds is 5. The summed E-state index contributed by atoms with van der Waals surface area (Å²) in [5.74, 6) is 0. The second kappa shape index (κ2) is 4.90. The Morgan fingerprint density at radius 3 is 2.27 bits per heavy atom. The van der Waals surface area contributed by atoms with Crippen molar-refractivity contribution >= 4 is 8.07 Å². The monoisotopic (exact) mass is 175 g/mol. The van der Waals surface area contributed by atoms with Crippen LogP contribution in [0.3, 0.4) is 0 Å². The highest BCUT2D eigenvalue weighted by Gasteiger charge is 2.17. The van der Waals surface area contributed by atoms with Gasteiger partial charge in [0.15, 0.2) is 0 Å². The van der Waals surface area contributed by atoms with Crippen LogP contribution in [0.2, 0.25) is 25.7 Å². The molecule has 0 heterocycles. The van der Waals surface area contributed by atoms with Crippen molar-refractivity contribution in [3.63, 3.8) is 0 Å². The predicted octanol–water partition coefficient (Wildman–Crippen LogP) is 1.29. The van der Waals surface area contributed by atoms with Gasteiger partial charge < -0.3 is 10.4 Å². The molecule has 0 aliphatic rings. The first-order valence-corrected chi connectivity index (χ1v) is 8.05. The van der Waals surface area contributed by atoms with E-state index in [1.165, 1.54) is 0 Å². The van der Waals surface area contributed by atoms with Crippen molar-refractivity contribution in [1.82, 2.24) is 5.32 Å². The highest BCUT2D eigenvalue weighted by molar-refractivity contribution is 6.76. The largest absolute Gasteiger partial charge is 0.392 e. The van der Waals surface area contributed by atoms with E-state index in [-0.39, 0.29) is 6.10 Å². The van der Waals surface area contributed by atoms with Gasteiger partial charge in [-0.15, -0.1) is 0 Å². The van der Waals surface area contributed by atoms with E-state index in [2.05, 4.69) is 31.9 Å². The lowest BCUT2D eigenvalue weighted by Gasteiger charge is -2.20. The molecule has 0 amide bonds. The maximum atomic E-state index is 9.49. The van der Waals surface area contributed by atoms with E-state index in [0.717, 1.165) is 19.1 Å². The molecule has 3 heteroatoms. The molecule has 0 aromatic carbocycles. The van der Waals surface area contributed by atoms with Gasteiger partial charge in [0.2, 0.25) is 0 Å². The molecule has 0 aromatic heterocycles. The fraction of sp³-hybridized carbons (Fsp3) is 1.00. The number of aliphatic hydroxyl groups excluding tert-OH is 1. The highest BCUT2D eigenvalue weighted by atomic mass is 28.3. The number of likely N-dealkylation sites (N-methyl/N-ethyl adjacent to an activating group) is 1.